The third kappa shape index (κ3) is 2.15. The van der Waals surface area contributed by atoms with Crippen molar-refractivity contribution in [2.24, 2.45) is 0 Å². The molecule has 3 rings (SSSR count). The highest BCUT2D eigenvalue weighted by molar-refractivity contribution is 7.18. The molecule has 0 fully saturated rings. The van der Waals surface area contributed by atoms with Crippen molar-refractivity contribution in [1.29, 1.82) is 0 Å². The zero-order valence-electron chi connectivity index (χ0n) is 11.0. The topological polar surface area (TPSA) is 3.88 Å². The normalized spacial score (nSPS) is 11.1. The third-order valence-electron chi connectivity index (χ3n) is 3.38. The van der Waals surface area contributed by atoms with E-state index in [0.717, 1.165) is 17.7 Å². The number of rotatable bonds is 2. The van der Waals surface area contributed by atoms with Gasteiger partial charge in [-0.2, -0.15) is 4.57 Å². The fourth-order valence-electron chi connectivity index (χ4n) is 2.42. The van der Waals surface area contributed by atoms with Crippen LogP contribution < -0.4 is 4.57 Å². The van der Waals surface area contributed by atoms with Crippen molar-refractivity contribution < 1.29 is 8.96 Å². The maximum atomic E-state index is 13.0. The molecule has 0 saturated heterocycles. The smallest absolute Gasteiger partial charge is 0.207 e. The Hall–Kier alpha value is -1.74. The molecule has 0 spiro atoms. The van der Waals surface area contributed by atoms with Gasteiger partial charge in [-0.1, -0.05) is 23.5 Å². The van der Waals surface area contributed by atoms with Gasteiger partial charge in [0.15, 0.2) is 0 Å². The fourth-order valence-corrected chi connectivity index (χ4v) is 3.54. The van der Waals surface area contributed by atoms with E-state index in [1.54, 1.807) is 11.3 Å². The van der Waals surface area contributed by atoms with Crippen molar-refractivity contribution in [3.05, 3.63) is 53.3 Å². The van der Waals surface area contributed by atoms with Gasteiger partial charge in [0.25, 0.3) is 0 Å². The molecule has 19 heavy (non-hydrogen) atoms. The molecular formula is C16H15FNS+. The van der Waals surface area contributed by atoms with E-state index in [0.29, 0.717) is 0 Å². The number of halogens is 1. The molecule has 0 aliphatic heterocycles. The predicted molar refractivity (Wildman–Crippen MR) is 77.8 cm³/mol. The Morgan fingerprint density at radius 3 is 2.42 bits per heavy atom. The molecule has 0 N–H and O–H groups in total. The van der Waals surface area contributed by atoms with E-state index < -0.39 is 0 Å². The minimum absolute atomic E-state index is 0.194. The lowest BCUT2D eigenvalue weighted by Crippen LogP contribution is -2.33. The Balaban J connectivity index is 2.14. The summed E-state index contributed by atoms with van der Waals surface area (Å²) in [5.74, 6) is -0.194. The molecule has 0 amide bonds. The molecule has 0 radical (unpaired) electrons. The Labute approximate surface area is 116 Å². The largest absolute Gasteiger partial charge is 0.235 e. The summed E-state index contributed by atoms with van der Waals surface area (Å²) in [5, 5.41) is 1.31. The zero-order chi connectivity index (χ0) is 13.4. The number of thiazole rings is 1. The van der Waals surface area contributed by atoms with Gasteiger partial charge in [0.1, 0.15) is 17.1 Å². The first kappa shape index (κ1) is 12.3. The maximum absolute atomic E-state index is 13.0. The number of fused-ring (bicyclic) bond motifs is 1. The monoisotopic (exact) mass is 272 g/mol. The van der Waals surface area contributed by atoms with Gasteiger partial charge in [-0.05, 0) is 42.3 Å². The first-order valence-corrected chi connectivity index (χ1v) is 7.19. The lowest BCUT2D eigenvalue weighted by molar-refractivity contribution is -0.669. The van der Waals surface area contributed by atoms with Crippen LogP contribution in [-0.2, 0) is 6.54 Å². The van der Waals surface area contributed by atoms with E-state index in [4.69, 9.17) is 0 Å². The number of hydrogen-bond acceptors (Lipinski definition) is 1. The molecule has 3 heteroatoms. The average molecular weight is 272 g/mol. The first-order chi connectivity index (χ1) is 9.19. The Kier molecular flexibility index (Phi) is 3.07. The molecule has 1 heterocycles. The van der Waals surface area contributed by atoms with Crippen LogP contribution in [0.25, 0.3) is 21.3 Å². The fraction of sp³-hybridized carbons (Fsp3) is 0.188. The van der Waals surface area contributed by atoms with E-state index in [-0.39, 0.29) is 5.82 Å². The summed E-state index contributed by atoms with van der Waals surface area (Å²) in [7, 11) is 0. The van der Waals surface area contributed by atoms with Crippen molar-refractivity contribution in [2.75, 3.05) is 0 Å². The van der Waals surface area contributed by atoms with E-state index in [2.05, 4.69) is 36.6 Å². The summed E-state index contributed by atoms with van der Waals surface area (Å²) in [6.07, 6.45) is 0. The summed E-state index contributed by atoms with van der Waals surface area (Å²) < 4.78 is 16.5. The van der Waals surface area contributed by atoms with Crippen molar-refractivity contribution in [3.63, 3.8) is 0 Å². The van der Waals surface area contributed by atoms with Gasteiger partial charge < -0.3 is 0 Å². The Morgan fingerprint density at radius 2 is 1.74 bits per heavy atom. The van der Waals surface area contributed by atoms with E-state index in [9.17, 15) is 4.39 Å². The predicted octanol–water partition coefficient (Wildman–Crippen LogP) is 4.32. The van der Waals surface area contributed by atoms with Crippen LogP contribution in [0.3, 0.4) is 0 Å². The minimum Gasteiger partial charge on any atom is -0.207 e. The highest BCUT2D eigenvalue weighted by atomic mass is 32.1. The lowest BCUT2D eigenvalue weighted by atomic mass is 10.1. The van der Waals surface area contributed by atoms with Gasteiger partial charge >= 0.3 is 0 Å². The van der Waals surface area contributed by atoms with Gasteiger partial charge in [-0.3, -0.25) is 0 Å². The van der Waals surface area contributed by atoms with E-state index in [1.165, 1.54) is 27.4 Å². The van der Waals surface area contributed by atoms with Crippen LogP contribution in [0.15, 0.2) is 42.5 Å². The molecule has 0 aliphatic carbocycles. The summed E-state index contributed by atoms with van der Waals surface area (Å²) in [6, 6.07) is 13.1. The zero-order valence-corrected chi connectivity index (χ0v) is 11.8. The molecule has 1 nitrogen and oxygen atoms in total. The van der Waals surface area contributed by atoms with Crippen LogP contribution in [0.4, 0.5) is 4.39 Å². The molecule has 0 saturated carbocycles. The highest BCUT2D eigenvalue weighted by Gasteiger charge is 2.15. The SMILES string of the molecule is CC[n+]1c(C)sc2cc(-c3ccc(F)cc3)ccc21. The van der Waals surface area contributed by atoms with Crippen molar-refractivity contribution in [2.45, 2.75) is 20.4 Å². The molecule has 0 aliphatic rings. The lowest BCUT2D eigenvalue weighted by Gasteiger charge is -2.00. The molecule has 0 atom stereocenters. The summed E-state index contributed by atoms with van der Waals surface area (Å²) >= 11 is 1.80. The maximum Gasteiger partial charge on any atom is 0.235 e. The van der Waals surface area contributed by atoms with Crippen LogP contribution >= 0.6 is 11.3 Å². The number of aromatic nitrogens is 1. The van der Waals surface area contributed by atoms with Gasteiger partial charge in [-0.15, -0.1) is 0 Å². The quantitative estimate of drug-likeness (QED) is 0.612. The van der Waals surface area contributed by atoms with E-state index in [1.807, 2.05) is 12.1 Å². The molecule has 0 bridgehead atoms. The average Bonchev–Trinajstić information content (AvgIpc) is 2.73. The second-order valence-electron chi connectivity index (χ2n) is 4.55. The van der Waals surface area contributed by atoms with Crippen molar-refractivity contribution >= 4 is 21.6 Å². The summed E-state index contributed by atoms with van der Waals surface area (Å²) in [4.78, 5) is 0. The second-order valence-corrected chi connectivity index (χ2v) is 5.79. The van der Waals surface area contributed by atoms with Crippen LogP contribution in [0.1, 0.15) is 11.9 Å². The number of aryl methyl sites for hydroxylation is 2. The van der Waals surface area contributed by atoms with Gasteiger partial charge in [0.05, 0.1) is 0 Å². The minimum atomic E-state index is -0.194. The summed E-state index contributed by atoms with van der Waals surface area (Å²) in [5.41, 5.74) is 3.46. The molecule has 1 aromatic heterocycles. The Bertz CT molecular complexity index is 728. The number of hydrogen-bond donors (Lipinski definition) is 0. The van der Waals surface area contributed by atoms with E-state index >= 15 is 0 Å². The first-order valence-electron chi connectivity index (χ1n) is 6.38. The number of benzene rings is 2. The molecule has 0 unspecified atom stereocenters. The molecule has 96 valence electrons. The van der Waals surface area contributed by atoms with Gasteiger partial charge in [-0.25, -0.2) is 4.39 Å². The number of nitrogens with zero attached hydrogens (tertiary/aromatic N) is 1. The van der Waals surface area contributed by atoms with Gasteiger partial charge in [0.2, 0.25) is 10.5 Å². The molecular weight excluding hydrogens is 257 g/mol. The Morgan fingerprint density at radius 1 is 1.05 bits per heavy atom. The molecule has 2 aromatic carbocycles. The molecule has 3 aromatic rings. The highest BCUT2D eigenvalue weighted by Crippen LogP contribution is 2.27. The van der Waals surface area contributed by atoms with Crippen molar-refractivity contribution in [1.82, 2.24) is 0 Å². The standard InChI is InChI=1S/C16H15FNS/c1-3-18-11(2)19-16-10-13(6-9-15(16)18)12-4-7-14(17)8-5-12/h4-10H,3H2,1-2H3/q+1. The third-order valence-corrected chi connectivity index (χ3v) is 4.44. The van der Waals surface area contributed by atoms with Crippen LogP contribution in [-0.4, -0.2) is 0 Å². The van der Waals surface area contributed by atoms with Crippen LogP contribution in [0, 0.1) is 12.7 Å². The van der Waals surface area contributed by atoms with Crippen molar-refractivity contribution in [3.8, 4) is 11.1 Å². The van der Waals surface area contributed by atoms with Gasteiger partial charge in [0, 0.05) is 13.0 Å². The van der Waals surface area contributed by atoms with Crippen LogP contribution in [0.2, 0.25) is 0 Å². The second kappa shape index (κ2) is 4.74. The summed E-state index contributed by atoms with van der Waals surface area (Å²) in [6.45, 7) is 5.29. The van der Waals surface area contributed by atoms with Crippen LogP contribution in [0.5, 0.6) is 0 Å².